The van der Waals surface area contributed by atoms with E-state index in [1.54, 1.807) is 47.4 Å². The van der Waals surface area contributed by atoms with Crippen LogP contribution >= 0.6 is 0 Å². The number of carbonyl (C=O) groups excluding carboxylic acids is 3. The van der Waals surface area contributed by atoms with Gasteiger partial charge < -0.3 is 19.7 Å². The Balaban J connectivity index is 1.83. The van der Waals surface area contributed by atoms with E-state index in [0.29, 0.717) is 35.0 Å². The van der Waals surface area contributed by atoms with Gasteiger partial charge in [0.05, 0.1) is 25.5 Å². The predicted octanol–water partition coefficient (Wildman–Crippen LogP) is 3.28. The maximum Gasteiger partial charge on any atom is 0.271 e. The third-order valence-corrected chi connectivity index (χ3v) is 5.89. The first kappa shape index (κ1) is 21.7. The Morgan fingerprint density at radius 1 is 1.09 bits per heavy atom. The van der Waals surface area contributed by atoms with Crippen molar-refractivity contribution in [2.24, 2.45) is 5.92 Å². The highest BCUT2D eigenvalue weighted by Crippen LogP contribution is 2.45. The Hall–Kier alpha value is -3.55. The lowest BCUT2D eigenvalue weighted by molar-refractivity contribution is -0.129. The van der Waals surface area contributed by atoms with E-state index in [9.17, 15) is 14.4 Å². The molecule has 2 aliphatic rings. The summed E-state index contributed by atoms with van der Waals surface area (Å²) in [5.74, 6) is 0.252. The smallest absolute Gasteiger partial charge is 0.271 e. The SMILES string of the molecule is COc1cc(NC(=O)C23CCC(=O)N2c2ccccc2C(=O)N3CC(C)C)cc(OC)c1. The van der Waals surface area contributed by atoms with Crippen molar-refractivity contribution in [1.82, 2.24) is 4.90 Å². The van der Waals surface area contributed by atoms with E-state index in [-0.39, 0.29) is 30.6 Å². The van der Waals surface area contributed by atoms with Crippen LogP contribution in [0.1, 0.15) is 37.0 Å². The number of hydrogen-bond acceptors (Lipinski definition) is 5. The second-order valence-electron chi connectivity index (χ2n) is 8.43. The van der Waals surface area contributed by atoms with Crippen molar-refractivity contribution >= 4 is 29.1 Å². The average Bonchev–Trinajstić information content (AvgIpc) is 3.14. The van der Waals surface area contributed by atoms with Gasteiger partial charge in [-0.05, 0) is 18.1 Å². The minimum absolute atomic E-state index is 0.100. The molecule has 0 aliphatic carbocycles. The molecular formula is C24H27N3O5. The zero-order valence-electron chi connectivity index (χ0n) is 18.7. The first-order valence-corrected chi connectivity index (χ1v) is 10.6. The van der Waals surface area contributed by atoms with Crippen LogP contribution in [0.15, 0.2) is 42.5 Å². The van der Waals surface area contributed by atoms with Crippen molar-refractivity contribution in [1.29, 1.82) is 0 Å². The van der Waals surface area contributed by atoms with E-state index in [0.717, 1.165) is 0 Å². The lowest BCUT2D eigenvalue weighted by Gasteiger charge is -2.49. The molecule has 1 unspecified atom stereocenters. The predicted molar refractivity (Wildman–Crippen MR) is 120 cm³/mol. The van der Waals surface area contributed by atoms with Gasteiger partial charge in [0.15, 0.2) is 0 Å². The molecule has 8 nitrogen and oxygen atoms in total. The number of fused-ring (bicyclic) bond motifs is 3. The maximum atomic E-state index is 13.9. The summed E-state index contributed by atoms with van der Waals surface area (Å²) in [7, 11) is 3.05. The monoisotopic (exact) mass is 437 g/mol. The van der Waals surface area contributed by atoms with Crippen LogP contribution in [0.25, 0.3) is 0 Å². The summed E-state index contributed by atoms with van der Waals surface area (Å²) in [4.78, 5) is 43.5. The molecule has 2 heterocycles. The van der Waals surface area contributed by atoms with E-state index in [2.05, 4.69) is 5.32 Å². The third kappa shape index (κ3) is 3.36. The minimum atomic E-state index is -1.44. The highest BCUT2D eigenvalue weighted by atomic mass is 16.5. The Bertz CT molecular complexity index is 1060. The molecule has 0 saturated carbocycles. The lowest BCUT2D eigenvalue weighted by atomic mass is 9.94. The summed E-state index contributed by atoms with van der Waals surface area (Å²) >= 11 is 0. The molecule has 1 fully saturated rings. The van der Waals surface area contributed by atoms with Gasteiger partial charge >= 0.3 is 0 Å². The van der Waals surface area contributed by atoms with Gasteiger partial charge in [-0.3, -0.25) is 19.3 Å². The van der Waals surface area contributed by atoms with Gasteiger partial charge in [-0.15, -0.1) is 0 Å². The highest BCUT2D eigenvalue weighted by Gasteiger charge is 2.60. The molecule has 1 saturated heterocycles. The van der Waals surface area contributed by atoms with Crippen LogP contribution in [0.2, 0.25) is 0 Å². The standard InChI is InChI=1S/C24H27N3O5/c1-15(2)14-26-22(29)19-7-5-6-8-20(19)27-21(28)9-10-24(26,27)23(30)25-16-11-17(31-3)13-18(12-16)32-4/h5-8,11-13,15H,9-10,14H2,1-4H3,(H,25,30). The molecule has 1 N–H and O–H groups in total. The fourth-order valence-electron chi connectivity index (χ4n) is 4.51. The van der Waals surface area contributed by atoms with Crippen LogP contribution in [-0.2, 0) is 9.59 Å². The number of rotatable bonds is 6. The van der Waals surface area contributed by atoms with Crippen LogP contribution in [0.4, 0.5) is 11.4 Å². The molecule has 1 atom stereocenters. The Labute approximate surface area is 187 Å². The summed E-state index contributed by atoms with van der Waals surface area (Å²) in [6.45, 7) is 4.30. The molecule has 0 aromatic heterocycles. The second kappa shape index (κ2) is 8.18. The van der Waals surface area contributed by atoms with E-state index >= 15 is 0 Å². The number of ether oxygens (including phenoxy) is 2. The second-order valence-corrected chi connectivity index (χ2v) is 8.43. The first-order valence-electron chi connectivity index (χ1n) is 10.6. The molecule has 0 bridgehead atoms. The van der Waals surface area contributed by atoms with Gasteiger partial charge in [0.1, 0.15) is 11.5 Å². The van der Waals surface area contributed by atoms with Crippen molar-refractivity contribution in [3.63, 3.8) is 0 Å². The Morgan fingerprint density at radius 3 is 2.38 bits per heavy atom. The number of carbonyl (C=O) groups is 3. The topological polar surface area (TPSA) is 88.2 Å². The number of methoxy groups -OCH3 is 2. The summed E-state index contributed by atoms with van der Waals surface area (Å²) in [5, 5.41) is 2.91. The van der Waals surface area contributed by atoms with E-state index in [1.165, 1.54) is 19.1 Å². The van der Waals surface area contributed by atoms with Crippen molar-refractivity contribution in [2.75, 3.05) is 31.0 Å². The zero-order chi connectivity index (χ0) is 23.0. The number of nitrogens with zero attached hydrogens (tertiary/aromatic N) is 2. The van der Waals surface area contributed by atoms with Crippen molar-refractivity contribution in [3.05, 3.63) is 48.0 Å². The van der Waals surface area contributed by atoms with Gasteiger partial charge in [0.2, 0.25) is 11.6 Å². The molecule has 0 radical (unpaired) electrons. The molecule has 2 aliphatic heterocycles. The largest absolute Gasteiger partial charge is 0.497 e. The number of anilines is 2. The quantitative estimate of drug-likeness (QED) is 0.749. The molecule has 32 heavy (non-hydrogen) atoms. The fraction of sp³-hybridized carbons (Fsp3) is 0.375. The minimum Gasteiger partial charge on any atom is -0.497 e. The van der Waals surface area contributed by atoms with E-state index < -0.39 is 11.6 Å². The summed E-state index contributed by atoms with van der Waals surface area (Å²) in [6.07, 6.45) is 0.386. The van der Waals surface area contributed by atoms with Crippen LogP contribution < -0.4 is 19.7 Å². The molecule has 8 heteroatoms. The van der Waals surface area contributed by atoms with Crippen molar-refractivity contribution in [3.8, 4) is 11.5 Å². The molecule has 168 valence electrons. The van der Waals surface area contributed by atoms with Crippen LogP contribution in [-0.4, -0.2) is 49.0 Å². The van der Waals surface area contributed by atoms with Crippen LogP contribution in [0, 0.1) is 5.92 Å². The number of hydrogen-bond donors (Lipinski definition) is 1. The Morgan fingerprint density at radius 2 is 1.75 bits per heavy atom. The summed E-state index contributed by atoms with van der Waals surface area (Å²) in [5.41, 5.74) is -0.0905. The molecule has 3 amide bonds. The highest BCUT2D eigenvalue weighted by molar-refractivity contribution is 6.18. The number of para-hydroxylation sites is 1. The number of nitrogens with one attached hydrogen (secondary N) is 1. The van der Waals surface area contributed by atoms with Crippen LogP contribution in [0.5, 0.6) is 11.5 Å². The van der Waals surface area contributed by atoms with Gasteiger partial charge in [0.25, 0.3) is 11.8 Å². The molecule has 2 aromatic carbocycles. The zero-order valence-corrected chi connectivity index (χ0v) is 18.7. The van der Waals surface area contributed by atoms with Gasteiger partial charge in [0, 0.05) is 43.3 Å². The summed E-state index contributed by atoms with van der Waals surface area (Å²) in [6, 6.07) is 12.0. The summed E-state index contributed by atoms with van der Waals surface area (Å²) < 4.78 is 10.6. The normalized spacial score (nSPS) is 19.7. The van der Waals surface area contributed by atoms with Gasteiger partial charge in [-0.25, -0.2) is 0 Å². The fourth-order valence-corrected chi connectivity index (χ4v) is 4.51. The van der Waals surface area contributed by atoms with E-state index in [4.69, 9.17) is 9.47 Å². The molecular weight excluding hydrogens is 410 g/mol. The maximum absolute atomic E-state index is 13.9. The number of amides is 3. The third-order valence-electron chi connectivity index (χ3n) is 5.89. The lowest BCUT2D eigenvalue weighted by Crippen LogP contribution is -2.69. The van der Waals surface area contributed by atoms with Crippen molar-refractivity contribution in [2.45, 2.75) is 32.4 Å². The van der Waals surface area contributed by atoms with Gasteiger partial charge in [-0.1, -0.05) is 26.0 Å². The molecule has 4 rings (SSSR count). The molecule has 0 spiro atoms. The number of benzene rings is 2. The van der Waals surface area contributed by atoms with Crippen LogP contribution in [0.3, 0.4) is 0 Å². The average molecular weight is 437 g/mol. The van der Waals surface area contributed by atoms with E-state index in [1.807, 2.05) is 13.8 Å². The first-order chi connectivity index (χ1) is 15.3. The van der Waals surface area contributed by atoms with Crippen molar-refractivity contribution < 1.29 is 23.9 Å². The van der Waals surface area contributed by atoms with Gasteiger partial charge in [-0.2, -0.15) is 0 Å². The molecule has 2 aromatic rings. The Kier molecular flexibility index (Phi) is 5.54.